The van der Waals surface area contributed by atoms with E-state index < -0.39 is 65.6 Å². The summed E-state index contributed by atoms with van der Waals surface area (Å²) < 4.78 is 9.11. The van der Waals surface area contributed by atoms with E-state index in [1.54, 1.807) is 107 Å². The van der Waals surface area contributed by atoms with Gasteiger partial charge < -0.3 is 92.9 Å². The van der Waals surface area contributed by atoms with Crippen molar-refractivity contribution in [1.82, 2.24) is 62.2 Å². The Balaban J connectivity index is 0.000000129. The second kappa shape index (κ2) is 35.2. The largest absolute Gasteiger partial charge is 0.480 e. The van der Waals surface area contributed by atoms with Crippen LogP contribution in [0, 0.1) is 23.7 Å². The summed E-state index contributed by atoms with van der Waals surface area (Å²) in [7, 11) is 13.5. The first-order valence-corrected chi connectivity index (χ1v) is 40.2. The number of hydrogen-bond donors (Lipinski definition) is 6. The maximum Gasteiger partial charge on any atom is 0.327 e. The van der Waals surface area contributed by atoms with Crippen LogP contribution in [-0.2, 0) is 75.8 Å². The summed E-state index contributed by atoms with van der Waals surface area (Å²) >= 11 is 0. The molecule has 0 unspecified atom stereocenters. The Labute approximate surface area is 712 Å². The van der Waals surface area contributed by atoms with Gasteiger partial charge in [0.2, 0.25) is 0 Å². The summed E-state index contributed by atoms with van der Waals surface area (Å²) in [6.45, 7) is 11.4. The van der Waals surface area contributed by atoms with Crippen molar-refractivity contribution in [3.8, 4) is 0 Å². The number of aromatic nitrogens is 12. The fraction of sp³-hybridized carbons (Fsp3) is 0.368. The van der Waals surface area contributed by atoms with Crippen LogP contribution in [0.3, 0.4) is 0 Å². The summed E-state index contributed by atoms with van der Waals surface area (Å²) in [5, 5.41) is 46.6. The molecule has 0 radical (unpaired) electrons. The van der Waals surface area contributed by atoms with E-state index in [0.29, 0.717) is 71.9 Å². The maximum atomic E-state index is 12.5. The van der Waals surface area contributed by atoms with Crippen LogP contribution in [0.1, 0.15) is 41.0 Å². The minimum atomic E-state index is -1.04. The molecular formula is C87H96N20O18. The number of likely N-dealkylation sites (N-methyl/N-ethyl adjacent to an activating group) is 1. The molecule has 7 N–H and O–H groups in total. The molecule has 0 aliphatic carbocycles. The van der Waals surface area contributed by atoms with E-state index in [1.165, 1.54) is 37.0 Å². The third-order valence-electron chi connectivity index (χ3n) is 24.0. The summed E-state index contributed by atoms with van der Waals surface area (Å²) in [5.74, 6) is -3.62. The normalized spacial score (nSPS) is 20.7. The summed E-state index contributed by atoms with van der Waals surface area (Å²) in [6.07, 6.45) is 0.196. The Morgan fingerprint density at radius 3 is 0.808 bits per heavy atom. The van der Waals surface area contributed by atoms with Gasteiger partial charge in [-0.2, -0.15) is 0 Å². The predicted molar refractivity (Wildman–Crippen MR) is 469 cm³/mol. The fourth-order valence-electron chi connectivity index (χ4n) is 16.9. The highest BCUT2D eigenvalue weighted by atomic mass is 16.4. The van der Waals surface area contributed by atoms with Gasteiger partial charge in [0.25, 0.3) is 33.4 Å². The summed E-state index contributed by atoms with van der Waals surface area (Å²) in [4.78, 5) is 192. The predicted octanol–water partition coefficient (Wildman–Crippen LogP) is 3.51. The highest BCUT2D eigenvalue weighted by molar-refractivity contribution is 5.90. The van der Waals surface area contributed by atoms with Crippen molar-refractivity contribution in [2.75, 3.05) is 89.3 Å². The second-order valence-electron chi connectivity index (χ2n) is 32.5. The van der Waals surface area contributed by atoms with E-state index >= 15 is 0 Å². The first-order valence-electron chi connectivity index (χ1n) is 40.2. The monoisotopic (exact) mass is 1710 g/mol. The summed E-state index contributed by atoms with van der Waals surface area (Å²) in [5.41, 5.74) is 11.9. The van der Waals surface area contributed by atoms with Crippen LogP contribution in [0.25, 0.3) is 66.2 Å². The van der Waals surface area contributed by atoms with Crippen LogP contribution >= 0.6 is 0 Å². The number of rotatable bonds is 15. The van der Waals surface area contributed by atoms with Crippen LogP contribution in [0.15, 0.2) is 174 Å². The molecule has 6 saturated heterocycles. The van der Waals surface area contributed by atoms with Crippen molar-refractivity contribution >= 4 is 143 Å². The topological polar surface area (TPSA) is 479 Å². The Hall–Kier alpha value is -14.4. The number of anilines is 6. The molecule has 12 heterocycles. The Kier molecular flexibility index (Phi) is 24.9. The van der Waals surface area contributed by atoms with E-state index in [4.69, 9.17) is 5.73 Å². The van der Waals surface area contributed by atoms with Gasteiger partial charge in [-0.3, -0.25) is 43.3 Å². The molecule has 0 amide bonds. The Morgan fingerprint density at radius 2 is 0.592 bits per heavy atom. The number of para-hydroxylation sites is 12. The number of benzene rings is 6. The van der Waals surface area contributed by atoms with Crippen molar-refractivity contribution in [2.24, 2.45) is 71.7 Å². The number of hydrogen-bond acceptors (Lipinski definition) is 27. The quantitative estimate of drug-likeness (QED) is 0.0855. The maximum absolute atomic E-state index is 12.5. The third-order valence-corrected chi connectivity index (χ3v) is 24.0. The highest BCUT2D eigenvalue weighted by Gasteiger charge is 2.54. The average molecular weight is 1710 g/mol. The van der Waals surface area contributed by atoms with E-state index in [0.717, 1.165) is 38.6 Å². The van der Waals surface area contributed by atoms with E-state index in [2.05, 4.69) is 29.9 Å². The number of nitrogens with zero attached hydrogens (tertiary/aromatic N) is 19. The number of carboxylic acid groups (broad SMARTS) is 5. The van der Waals surface area contributed by atoms with Crippen LogP contribution < -0.4 is 68.5 Å². The van der Waals surface area contributed by atoms with Crippen LogP contribution in [0.2, 0.25) is 0 Å². The first-order chi connectivity index (χ1) is 59.3. The van der Waals surface area contributed by atoms with Gasteiger partial charge in [-0.1, -0.05) is 93.6 Å². The number of carboxylic acids is 5. The van der Waals surface area contributed by atoms with E-state index in [9.17, 15) is 87.9 Å². The molecule has 6 aromatic carbocycles. The lowest BCUT2D eigenvalue weighted by Gasteiger charge is -2.50. The minimum absolute atomic E-state index is 0.0190. The number of ketones is 2. The van der Waals surface area contributed by atoms with Gasteiger partial charge in [-0.15, -0.1) is 0 Å². The molecule has 652 valence electrons. The van der Waals surface area contributed by atoms with Crippen molar-refractivity contribution < 1.29 is 59.1 Å². The number of aryl methyl sites for hydroxylation is 6. The zero-order valence-corrected chi connectivity index (χ0v) is 70.9. The Bertz CT molecular complexity index is 6220. The molecule has 10 atom stereocenters. The summed E-state index contributed by atoms with van der Waals surface area (Å²) in [6, 6.07) is 40.4. The van der Waals surface area contributed by atoms with Crippen molar-refractivity contribution in [3.63, 3.8) is 0 Å². The molecule has 6 fully saturated rings. The van der Waals surface area contributed by atoms with Crippen molar-refractivity contribution in [3.05, 3.63) is 208 Å². The van der Waals surface area contributed by atoms with Gasteiger partial charge >= 0.3 is 29.8 Å². The van der Waals surface area contributed by atoms with Gasteiger partial charge in [0.05, 0.1) is 79.3 Å². The number of aliphatic carboxylic acids is 5. The van der Waals surface area contributed by atoms with Crippen LogP contribution in [-0.4, -0.2) is 231 Å². The van der Waals surface area contributed by atoms with Gasteiger partial charge in [-0.25, -0.2) is 49.1 Å². The number of carbonyl (C=O) groups is 7. The fourth-order valence-corrected chi connectivity index (χ4v) is 16.9. The lowest BCUT2D eigenvalue weighted by Crippen LogP contribution is -2.73. The molecule has 38 nitrogen and oxygen atoms in total. The number of nitrogens with two attached hydrogens (primary N) is 1. The molecule has 0 saturated carbocycles. The van der Waals surface area contributed by atoms with Crippen LogP contribution in [0.4, 0.5) is 34.9 Å². The van der Waals surface area contributed by atoms with Gasteiger partial charge in [0, 0.05) is 111 Å². The molecule has 6 aromatic heterocycles. The molecule has 0 spiro atoms. The van der Waals surface area contributed by atoms with E-state index in [-0.39, 0.29) is 117 Å². The molecule has 6 aliphatic heterocycles. The van der Waals surface area contributed by atoms with Gasteiger partial charge in [0.1, 0.15) is 36.0 Å². The zero-order valence-electron chi connectivity index (χ0n) is 70.9. The first kappa shape index (κ1) is 88.4. The second-order valence-corrected chi connectivity index (χ2v) is 32.5. The zero-order chi connectivity index (χ0) is 90.5. The lowest BCUT2D eigenvalue weighted by molar-refractivity contribution is -0.152. The number of carbonyl (C=O) groups excluding carboxylic acids is 2. The number of fused-ring (bicyclic) bond motifs is 6. The van der Waals surface area contributed by atoms with Crippen molar-refractivity contribution in [2.45, 2.75) is 82.8 Å². The average Bonchev–Trinajstić information content (AvgIpc) is 0.719. The van der Waals surface area contributed by atoms with Gasteiger partial charge in [-0.05, 0) is 101 Å². The SMILES string of the molecule is CC(=O)C[C@@H]1CN(c2nc3ccccc3n(C)c2=O)[C@@H]1C(=O)O.CC(=O)[C@@H]1[C@H](N)CN1c1nc2ccccc2n(C)c1=O.CN(C)C1(C(=O)O)CN(c2nc3ccccc3n(C)c2=O)C1.C[C@@H]1CN(c2nc3ccccc3n(C)c2=O)[C@@H]1C(=O)O.C[C@@H]1CN(c2nc3ccccc3n(C)c2=O)[C@@H]1C(=O)O.C[C@H]1CN(c2nc3ccccc3n(C)c2=O)[C@@H]1C(=O)O. The molecular weight excluding hydrogens is 1610 g/mol. The van der Waals surface area contributed by atoms with Crippen LogP contribution in [0.5, 0.6) is 0 Å². The molecule has 125 heavy (non-hydrogen) atoms. The molecule has 6 aliphatic rings. The van der Waals surface area contributed by atoms with E-state index in [1.807, 2.05) is 154 Å². The third kappa shape index (κ3) is 16.5. The number of Topliss-reactive ketones (excluding diaryl/α,β-unsaturated/α-hetero) is 2. The minimum Gasteiger partial charge on any atom is -0.480 e. The standard InChI is InChI=1S/C16H17N3O4.C15H18N4O3.C14H16N4O2.3C14H15N3O3/c1-9(20)7-10-8-19(13(10)16(22)23)14-15(21)18(2)12-6-4-3-5-11(12)17-14;1-17(2)15(14(21)22)8-19(9-15)12-13(20)18(3)11-7-5-4-6-10(11)16-12;1-8(19)12-9(15)7-18(12)13-14(20)17(2)11-6-4-3-5-10(11)16-13;3*1-8-7-17(11(8)14(19)20)12-13(18)16(2)10-6-4-3-5-9(10)15-12/h3-6,10,13H,7-8H2,1-2H3,(H,22,23);4-7H,8-9H2,1-3H3,(H,21,22);3-6,9,12H,7,15H2,1-2H3;3*3-6,8,11H,7H2,1-2H3,(H,19,20)/t10-,13+;;9-,12-;2*8-,11+;8-,11-/m1.1110/s1. The molecule has 18 rings (SSSR count). The van der Waals surface area contributed by atoms with Gasteiger partial charge in [0.15, 0.2) is 46.2 Å². The smallest absolute Gasteiger partial charge is 0.327 e. The molecule has 12 aromatic rings. The Morgan fingerprint density at radius 1 is 0.360 bits per heavy atom. The highest BCUT2D eigenvalue weighted by Crippen LogP contribution is 2.36. The molecule has 0 bridgehead atoms. The van der Waals surface area contributed by atoms with Crippen molar-refractivity contribution in [1.29, 1.82) is 0 Å². The molecule has 38 heteroatoms. The lowest BCUT2D eigenvalue weighted by atomic mass is 9.84.